The lowest BCUT2D eigenvalue weighted by Gasteiger charge is -2.29. The summed E-state index contributed by atoms with van der Waals surface area (Å²) in [4.78, 5) is 24.6. The molecule has 0 fully saturated rings. The Bertz CT molecular complexity index is 847. The lowest BCUT2D eigenvalue weighted by molar-refractivity contribution is -0.136. The van der Waals surface area contributed by atoms with Crippen molar-refractivity contribution in [2.75, 3.05) is 20.4 Å². The van der Waals surface area contributed by atoms with E-state index in [1.165, 1.54) is 12.1 Å². The Hall–Kier alpha value is -2.77. The van der Waals surface area contributed by atoms with E-state index in [1.54, 1.807) is 6.92 Å². The summed E-state index contributed by atoms with van der Waals surface area (Å²) in [5.41, 5.74) is 0.308. The number of nitrogens with one attached hydrogen (secondary N) is 1. The first-order chi connectivity index (χ1) is 12.4. The average molecular weight is 367 g/mol. The minimum absolute atomic E-state index is 0.0113. The van der Waals surface area contributed by atoms with Crippen LogP contribution in [0.1, 0.15) is 30.1 Å². The van der Waals surface area contributed by atoms with Gasteiger partial charge >= 0.3 is 11.9 Å². The maximum Gasteiger partial charge on any atom is 0.337 e. The summed E-state index contributed by atoms with van der Waals surface area (Å²) in [5, 5.41) is 2.90. The zero-order valence-electron chi connectivity index (χ0n) is 14.1. The highest BCUT2D eigenvalue weighted by Gasteiger charge is 2.43. The third-order valence-electron chi connectivity index (χ3n) is 4.46. The van der Waals surface area contributed by atoms with E-state index in [0.717, 1.165) is 13.2 Å². The van der Waals surface area contributed by atoms with Crippen molar-refractivity contribution in [3.8, 4) is 0 Å². The number of alkyl halides is 2. The van der Waals surface area contributed by atoms with Crippen LogP contribution in [0.15, 0.2) is 40.7 Å². The van der Waals surface area contributed by atoms with Crippen molar-refractivity contribution in [2.45, 2.75) is 19.0 Å². The Morgan fingerprint density at radius 3 is 2.85 bits per heavy atom. The number of halogens is 3. The number of ether oxygens (including phenoxy) is 2. The van der Waals surface area contributed by atoms with Gasteiger partial charge in [0.1, 0.15) is 19.1 Å². The van der Waals surface area contributed by atoms with Gasteiger partial charge < -0.3 is 14.8 Å². The Morgan fingerprint density at radius 2 is 2.19 bits per heavy atom. The lowest BCUT2D eigenvalue weighted by atomic mass is 9.78. The van der Waals surface area contributed by atoms with Gasteiger partial charge in [0.15, 0.2) is 6.17 Å². The van der Waals surface area contributed by atoms with Crippen LogP contribution in [0.5, 0.6) is 0 Å². The first-order valence-corrected chi connectivity index (χ1v) is 7.85. The molecular formula is C18H16F3NO4. The summed E-state index contributed by atoms with van der Waals surface area (Å²) >= 11 is 0. The van der Waals surface area contributed by atoms with E-state index < -0.39 is 42.1 Å². The molecule has 3 rings (SSSR count). The van der Waals surface area contributed by atoms with E-state index in [-0.39, 0.29) is 23.3 Å². The van der Waals surface area contributed by atoms with Gasteiger partial charge in [-0.2, -0.15) is 0 Å². The molecule has 0 aliphatic carbocycles. The second-order valence-corrected chi connectivity index (χ2v) is 5.92. The molecule has 8 heteroatoms. The molecule has 0 amide bonds. The monoisotopic (exact) mass is 367 g/mol. The van der Waals surface area contributed by atoms with E-state index in [1.807, 2.05) is 0 Å². The topological polar surface area (TPSA) is 64.6 Å². The van der Waals surface area contributed by atoms with E-state index in [9.17, 15) is 22.8 Å². The molecule has 0 saturated carbocycles. The van der Waals surface area contributed by atoms with Crippen LogP contribution in [0.25, 0.3) is 0 Å². The van der Waals surface area contributed by atoms with Crippen LogP contribution in [-0.2, 0) is 19.1 Å². The summed E-state index contributed by atoms with van der Waals surface area (Å²) in [6.45, 7) is 0.0850. The molecule has 2 aliphatic heterocycles. The minimum atomic E-state index is -2.23. The molecule has 138 valence electrons. The van der Waals surface area contributed by atoms with Crippen molar-refractivity contribution in [1.82, 2.24) is 5.32 Å². The maximum absolute atomic E-state index is 14.3. The lowest BCUT2D eigenvalue weighted by Crippen LogP contribution is -2.30. The van der Waals surface area contributed by atoms with Crippen molar-refractivity contribution < 1.29 is 32.2 Å². The summed E-state index contributed by atoms with van der Waals surface area (Å²) < 4.78 is 51.3. The quantitative estimate of drug-likeness (QED) is 0.829. The zero-order chi connectivity index (χ0) is 19.0. The third kappa shape index (κ3) is 2.75. The Balaban J connectivity index is 2.28. The number of allylic oxidation sites excluding steroid dienone is 1. The third-order valence-corrected chi connectivity index (χ3v) is 4.46. The molecule has 0 radical (unpaired) electrons. The zero-order valence-corrected chi connectivity index (χ0v) is 14.1. The van der Waals surface area contributed by atoms with E-state index in [2.05, 4.69) is 5.32 Å². The van der Waals surface area contributed by atoms with Crippen LogP contribution in [0.4, 0.5) is 13.2 Å². The molecule has 0 aromatic heterocycles. The Labute approximate surface area is 147 Å². The largest absolute Gasteiger partial charge is 0.466 e. The van der Waals surface area contributed by atoms with Gasteiger partial charge in [-0.15, -0.1) is 0 Å². The highest BCUT2D eigenvalue weighted by atomic mass is 19.2. The molecule has 0 bridgehead atoms. The number of benzene rings is 1. The van der Waals surface area contributed by atoms with Crippen molar-refractivity contribution in [3.05, 3.63) is 57.7 Å². The predicted octanol–water partition coefficient (Wildman–Crippen LogP) is 2.75. The number of dihydropyridines is 1. The van der Waals surface area contributed by atoms with Crippen LogP contribution in [-0.4, -0.2) is 32.3 Å². The summed E-state index contributed by atoms with van der Waals surface area (Å²) in [5.74, 6) is -3.56. The van der Waals surface area contributed by atoms with Crippen LogP contribution in [0, 0.1) is 5.82 Å². The molecule has 0 unspecified atom stereocenters. The van der Waals surface area contributed by atoms with Gasteiger partial charge in [0.25, 0.3) is 0 Å². The van der Waals surface area contributed by atoms with Gasteiger partial charge in [-0.1, -0.05) is 12.1 Å². The maximum atomic E-state index is 14.3. The van der Waals surface area contributed by atoms with Gasteiger partial charge in [-0.3, -0.25) is 0 Å². The van der Waals surface area contributed by atoms with Gasteiger partial charge in [0.2, 0.25) is 0 Å². The smallest absolute Gasteiger partial charge is 0.337 e. The highest BCUT2D eigenvalue weighted by molar-refractivity contribution is 6.01. The van der Waals surface area contributed by atoms with E-state index in [0.29, 0.717) is 11.4 Å². The molecule has 1 N–H and O–H groups in total. The van der Waals surface area contributed by atoms with E-state index >= 15 is 0 Å². The van der Waals surface area contributed by atoms with Gasteiger partial charge in [0.05, 0.1) is 29.9 Å². The van der Waals surface area contributed by atoms with Crippen molar-refractivity contribution in [1.29, 1.82) is 0 Å². The second kappa shape index (κ2) is 6.86. The van der Waals surface area contributed by atoms with Crippen molar-refractivity contribution >= 4 is 11.9 Å². The molecule has 0 saturated heterocycles. The molecule has 1 aromatic rings. The number of hydrogen-bond donors (Lipinski definition) is 1. The molecule has 0 spiro atoms. The summed E-state index contributed by atoms with van der Waals surface area (Å²) in [7, 11) is 1.16. The SMILES string of the molecule is COC(=O)C1=C(C)NC2=C(C(=O)OC2)[C@H]1c1cccc(F)c1[C@@H](F)CF. The van der Waals surface area contributed by atoms with Crippen LogP contribution in [0.2, 0.25) is 0 Å². The normalized spacial score (nSPS) is 20.5. The molecule has 2 heterocycles. The molecule has 5 nitrogen and oxygen atoms in total. The van der Waals surface area contributed by atoms with Gasteiger partial charge in [-0.05, 0) is 18.6 Å². The Morgan fingerprint density at radius 1 is 1.46 bits per heavy atom. The van der Waals surface area contributed by atoms with E-state index in [4.69, 9.17) is 9.47 Å². The Kier molecular flexibility index (Phi) is 4.76. The van der Waals surface area contributed by atoms with Gasteiger partial charge in [-0.25, -0.2) is 22.8 Å². The van der Waals surface area contributed by atoms with Gasteiger partial charge in [0, 0.05) is 11.3 Å². The summed E-state index contributed by atoms with van der Waals surface area (Å²) in [6.07, 6.45) is -2.23. The fourth-order valence-corrected chi connectivity index (χ4v) is 3.37. The molecule has 2 atom stereocenters. The number of esters is 2. The number of carbonyl (C=O) groups is 2. The number of hydrogen-bond acceptors (Lipinski definition) is 5. The first-order valence-electron chi connectivity index (χ1n) is 7.85. The number of carbonyl (C=O) groups excluding carboxylic acids is 2. The van der Waals surface area contributed by atoms with Crippen LogP contribution < -0.4 is 5.32 Å². The number of rotatable bonds is 4. The summed E-state index contributed by atoms with van der Waals surface area (Å²) in [6, 6.07) is 3.67. The number of methoxy groups -OCH3 is 1. The molecule has 2 aliphatic rings. The molecular weight excluding hydrogens is 351 g/mol. The van der Waals surface area contributed by atoms with Crippen molar-refractivity contribution in [2.24, 2.45) is 0 Å². The fraction of sp³-hybridized carbons (Fsp3) is 0.333. The first kappa shape index (κ1) is 18.0. The fourth-order valence-electron chi connectivity index (χ4n) is 3.37. The van der Waals surface area contributed by atoms with Crippen LogP contribution >= 0.6 is 0 Å². The van der Waals surface area contributed by atoms with Crippen molar-refractivity contribution in [3.63, 3.8) is 0 Å². The minimum Gasteiger partial charge on any atom is -0.466 e. The second-order valence-electron chi connectivity index (χ2n) is 5.92. The highest BCUT2D eigenvalue weighted by Crippen LogP contribution is 2.44. The average Bonchev–Trinajstić information content (AvgIpc) is 2.99. The number of cyclic esters (lactones) is 1. The standard InChI is InChI=1S/C18H16F3NO4/c1-8-13(17(23)25-2)15(16-12(22-8)7-26-18(16)24)9-4-3-5-10(20)14(9)11(21)6-19/h3-5,11,15,22H,6-7H2,1-2H3/t11-,15-/m0/s1. The molecule has 1 aromatic carbocycles. The molecule has 26 heavy (non-hydrogen) atoms. The predicted molar refractivity (Wildman–Crippen MR) is 84.8 cm³/mol. The van der Waals surface area contributed by atoms with Crippen LogP contribution in [0.3, 0.4) is 0 Å².